The van der Waals surface area contributed by atoms with Crippen molar-refractivity contribution in [2.45, 2.75) is 19.8 Å². The maximum Gasteiger partial charge on any atom is 0.217 e. The number of rotatable bonds is 5. The fourth-order valence-corrected chi connectivity index (χ4v) is 1.33. The molecule has 0 atom stereocenters. The Hall–Kier alpha value is -1.36. The molecule has 82 valence electrons. The normalized spacial score (nSPS) is 10.0. The molecule has 5 nitrogen and oxygen atoms in total. The molecule has 0 fully saturated rings. The van der Waals surface area contributed by atoms with Gasteiger partial charge in [-0.3, -0.25) is 4.79 Å². The number of carbonyl (C=O) groups excluding carboxylic acids is 1. The van der Waals surface area contributed by atoms with Gasteiger partial charge in [-0.05, 0) is 13.3 Å². The van der Waals surface area contributed by atoms with Gasteiger partial charge in [0.15, 0.2) is 0 Å². The minimum absolute atomic E-state index is 0.297. The number of nitrogens with two attached hydrogens (primary N) is 1. The fourth-order valence-electron chi connectivity index (χ4n) is 1.10. The number of anilines is 1. The zero-order valence-corrected chi connectivity index (χ0v) is 9.21. The molecule has 15 heavy (non-hydrogen) atoms. The van der Waals surface area contributed by atoms with Gasteiger partial charge in [-0.15, -0.1) is 0 Å². The van der Waals surface area contributed by atoms with Crippen molar-refractivity contribution in [2.24, 2.45) is 5.73 Å². The van der Waals surface area contributed by atoms with Gasteiger partial charge in [0.1, 0.15) is 16.8 Å². The summed E-state index contributed by atoms with van der Waals surface area (Å²) in [4.78, 5) is 18.5. The van der Waals surface area contributed by atoms with E-state index in [0.717, 1.165) is 0 Å². The summed E-state index contributed by atoms with van der Waals surface area (Å²) in [5.41, 5.74) is 5.01. The molecular weight excluding hydrogens is 216 g/mol. The molecule has 6 heteroatoms. The van der Waals surface area contributed by atoms with Crippen LogP contribution in [0, 0.1) is 6.92 Å². The van der Waals surface area contributed by atoms with Crippen LogP contribution in [0.25, 0.3) is 0 Å². The summed E-state index contributed by atoms with van der Waals surface area (Å²) in [7, 11) is 0. The van der Waals surface area contributed by atoms with Crippen molar-refractivity contribution < 1.29 is 4.79 Å². The maximum atomic E-state index is 10.5. The Balaban J connectivity index is 2.40. The Bertz CT molecular complexity index is 336. The average Bonchev–Trinajstić information content (AvgIpc) is 2.10. The quantitative estimate of drug-likeness (QED) is 0.585. The summed E-state index contributed by atoms with van der Waals surface area (Å²) in [6.45, 7) is 2.40. The summed E-state index contributed by atoms with van der Waals surface area (Å²) in [6, 6.07) is 1.64. The average molecular weight is 229 g/mol. The van der Waals surface area contributed by atoms with Crippen molar-refractivity contribution in [3.05, 3.63) is 17.0 Å². The number of primary amides is 1. The van der Waals surface area contributed by atoms with Crippen molar-refractivity contribution in [1.82, 2.24) is 9.97 Å². The third kappa shape index (κ3) is 4.60. The largest absolute Gasteiger partial charge is 0.370 e. The summed E-state index contributed by atoms with van der Waals surface area (Å²) < 4.78 is 0. The topological polar surface area (TPSA) is 80.9 Å². The van der Waals surface area contributed by atoms with Crippen LogP contribution in [0.15, 0.2) is 6.07 Å². The number of amides is 1. The number of aryl methyl sites for hydroxylation is 1. The van der Waals surface area contributed by atoms with E-state index in [4.69, 9.17) is 17.3 Å². The Morgan fingerprint density at radius 1 is 1.60 bits per heavy atom. The van der Waals surface area contributed by atoms with Gasteiger partial charge in [0.25, 0.3) is 0 Å². The third-order valence-corrected chi connectivity index (χ3v) is 1.91. The van der Waals surface area contributed by atoms with Gasteiger partial charge >= 0.3 is 0 Å². The lowest BCUT2D eigenvalue weighted by Gasteiger charge is -2.05. The Kier molecular flexibility index (Phi) is 4.30. The van der Waals surface area contributed by atoms with Gasteiger partial charge in [-0.2, -0.15) is 0 Å². The monoisotopic (exact) mass is 228 g/mol. The highest BCUT2D eigenvalue weighted by molar-refractivity contribution is 6.29. The highest BCUT2D eigenvalue weighted by Gasteiger charge is 1.99. The highest BCUT2D eigenvalue weighted by atomic mass is 35.5. The van der Waals surface area contributed by atoms with E-state index in [-0.39, 0.29) is 5.91 Å². The SMILES string of the molecule is Cc1nc(Cl)cc(NCCCC(N)=O)n1. The molecular formula is C9H13ClN4O. The van der Waals surface area contributed by atoms with Crippen LogP contribution in [0.1, 0.15) is 18.7 Å². The number of hydrogen-bond donors (Lipinski definition) is 2. The van der Waals surface area contributed by atoms with Gasteiger partial charge in [-0.25, -0.2) is 9.97 Å². The van der Waals surface area contributed by atoms with E-state index in [9.17, 15) is 4.79 Å². The van der Waals surface area contributed by atoms with Crippen LogP contribution in [0.2, 0.25) is 5.15 Å². The van der Waals surface area contributed by atoms with E-state index in [1.165, 1.54) is 0 Å². The van der Waals surface area contributed by atoms with Crippen molar-refractivity contribution in [3.8, 4) is 0 Å². The van der Waals surface area contributed by atoms with Crippen molar-refractivity contribution in [1.29, 1.82) is 0 Å². The minimum atomic E-state index is -0.297. The van der Waals surface area contributed by atoms with Crippen molar-refractivity contribution >= 4 is 23.3 Å². The minimum Gasteiger partial charge on any atom is -0.370 e. The second-order valence-electron chi connectivity index (χ2n) is 3.12. The number of carbonyl (C=O) groups is 1. The predicted molar refractivity (Wildman–Crippen MR) is 58.7 cm³/mol. The van der Waals surface area contributed by atoms with Crippen LogP contribution < -0.4 is 11.1 Å². The molecule has 1 heterocycles. The van der Waals surface area contributed by atoms with Gasteiger partial charge in [0.2, 0.25) is 5.91 Å². The van der Waals surface area contributed by atoms with E-state index >= 15 is 0 Å². The first kappa shape index (κ1) is 11.7. The summed E-state index contributed by atoms with van der Waals surface area (Å²) >= 11 is 5.75. The summed E-state index contributed by atoms with van der Waals surface area (Å²) in [5, 5.41) is 3.44. The molecule has 0 aliphatic heterocycles. The molecule has 0 saturated carbocycles. The molecule has 0 radical (unpaired) electrons. The first-order valence-corrected chi connectivity index (χ1v) is 4.99. The highest BCUT2D eigenvalue weighted by Crippen LogP contribution is 2.10. The number of hydrogen-bond acceptors (Lipinski definition) is 4. The summed E-state index contributed by atoms with van der Waals surface area (Å²) in [6.07, 6.45) is 1.04. The standard InChI is InChI=1S/C9H13ClN4O/c1-6-13-7(10)5-9(14-6)12-4-2-3-8(11)15/h5H,2-4H2,1H3,(H2,11,15)(H,12,13,14). The smallest absolute Gasteiger partial charge is 0.217 e. The Morgan fingerprint density at radius 3 is 2.93 bits per heavy atom. The second kappa shape index (κ2) is 5.50. The molecule has 3 N–H and O–H groups in total. The van der Waals surface area contributed by atoms with Crippen LogP contribution in [-0.2, 0) is 4.79 Å². The van der Waals surface area contributed by atoms with Crippen LogP contribution in [0.3, 0.4) is 0 Å². The lowest BCUT2D eigenvalue weighted by atomic mass is 10.3. The van der Waals surface area contributed by atoms with Crippen LogP contribution in [0.4, 0.5) is 5.82 Å². The number of nitrogens with one attached hydrogen (secondary N) is 1. The number of nitrogens with zero attached hydrogens (tertiary/aromatic N) is 2. The Morgan fingerprint density at radius 2 is 2.33 bits per heavy atom. The van der Waals surface area contributed by atoms with Crippen molar-refractivity contribution in [2.75, 3.05) is 11.9 Å². The van der Waals surface area contributed by atoms with E-state index in [0.29, 0.717) is 36.2 Å². The van der Waals surface area contributed by atoms with Crippen LogP contribution in [-0.4, -0.2) is 22.4 Å². The van der Waals surface area contributed by atoms with E-state index in [2.05, 4.69) is 15.3 Å². The number of halogens is 1. The fraction of sp³-hybridized carbons (Fsp3) is 0.444. The van der Waals surface area contributed by atoms with Crippen LogP contribution in [0.5, 0.6) is 0 Å². The van der Waals surface area contributed by atoms with Gasteiger partial charge in [-0.1, -0.05) is 11.6 Å². The molecule has 0 unspecified atom stereocenters. The van der Waals surface area contributed by atoms with Crippen molar-refractivity contribution in [3.63, 3.8) is 0 Å². The predicted octanol–water partition coefficient (Wildman–Crippen LogP) is 1.12. The molecule has 1 aromatic rings. The first-order chi connectivity index (χ1) is 7.08. The molecule has 0 bridgehead atoms. The first-order valence-electron chi connectivity index (χ1n) is 4.61. The zero-order valence-electron chi connectivity index (χ0n) is 8.46. The lowest BCUT2D eigenvalue weighted by molar-refractivity contribution is -0.118. The molecule has 0 aromatic carbocycles. The van der Waals surface area contributed by atoms with Crippen LogP contribution >= 0.6 is 11.6 Å². The lowest BCUT2D eigenvalue weighted by Crippen LogP contribution is -2.13. The molecule has 0 aliphatic rings. The van der Waals surface area contributed by atoms with E-state index in [1.807, 2.05) is 0 Å². The Labute approximate surface area is 93.0 Å². The van der Waals surface area contributed by atoms with E-state index < -0.39 is 0 Å². The molecule has 0 saturated heterocycles. The van der Waals surface area contributed by atoms with E-state index in [1.54, 1.807) is 13.0 Å². The molecule has 0 spiro atoms. The summed E-state index contributed by atoms with van der Waals surface area (Å²) in [5.74, 6) is 0.977. The molecule has 0 aliphatic carbocycles. The van der Waals surface area contributed by atoms with Gasteiger partial charge in [0.05, 0.1) is 0 Å². The second-order valence-corrected chi connectivity index (χ2v) is 3.51. The molecule has 1 amide bonds. The molecule has 1 rings (SSSR count). The van der Waals surface area contributed by atoms with Gasteiger partial charge in [0, 0.05) is 19.0 Å². The number of aromatic nitrogens is 2. The zero-order chi connectivity index (χ0) is 11.3. The van der Waals surface area contributed by atoms with Gasteiger partial charge < -0.3 is 11.1 Å². The maximum absolute atomic E-state index is 10.5. The molecule has 1 aromatic heterocycles. The third-order valence-electron chi connectivity index (χ3n) is 1.71.